The molecule has 2 rings (SSSR count). The third kappa shape index (κ3) is 5.70. The summed E-state index contributed by atoms with van der Waals surface area (Å²) in [5, 5.41) is 3.51. The number of likely N-dealkylation sites (tertiary alicyclic amines) is 2. The van der Waals surface area contributed by atoms with E-state index in [0.29, 0.717) is 18.6 Å². The summed E-state index contributed by atoms with van der Waals surface area (Å²) in [4.78, 5) is 21.1. The molecular formula is C18H35IN4O2. The summed E-state index contributed by atoms with van der Waals surface area (Å²) in [5.41, 5.74) is 0. The number of ether oxygens (including phenoxy) is 1. The minimum absolute atomic E-state index is 0. The zero-order valence-corrected chi connectivity index (χ0v) is 18.7. The lowest BCUT2D eigenvalue weighted by atomic mass is 9.99. The summed E-state index contributed by atoms with van der Waals surface area (Å²) in [5.74, 6) is 1.00. The number of carbonyl (C=O) groups is 1. The van der Waals surface area contributed by atoms with Crippen molar-refractivity contribution in [3.05, 3.63) is 0 Å². The molecule has 0 aliphatic carbocycles. The summed E-state index contributed by atoms with van der Waals surface area (Å²) < 4.78 is 4.92. The Hall–Kier alpha value is -0.570. The van der Waals surface area contributed by atoms with Crippen molar-refractivity contribution in [2.45, 2.75) is 52.1 Å². The van der Waals surface area contributed by atoms with Crippen molar-refractivity contribution < 1.29 is 9.53 Å². The van der Waals surface area contributed by atoms with Gasteiger partial charge in [0, 0.05) is 38.8 Å². The van der Waals surface area contributed by atoms with Gasteiger partial charge >= 0.3 is 5.97 Å². The van der Waals surface area contributed by atoms with Crippen LogP contribution in [-0.2, 0) is 9.53 Å². The lowest BCUT2D eigenvalue weighted by Crippen LogP contribution is -2.50. The Labute approximate surface area is 169 Å². The van der Waals surface area contributed by atoms with Gasteiger partial charge in [0.05, 0.1) is 13.0 Å². The van der Waals surface area contributed by atoms with E-state index in [4.69, 9.17) is 4.74 Å². The number of nitrogens with zero attached hydrogens (tertiary/aromatic N) is 3. The van der Waals surface area contributed by atoms with Crippen LogP contribution in [0.25, 0.3) is 0 Å². The van der Waals surface area contributed by atoms with Gasteiger partial charge in [0.1, 0.15) is 0 Å². The fraction of sp³-hybridized carbons (Fsp3) is 0.889. The summed E-state index contributed by atoms with van der Waals surface area (Å²) >= 11 is 0. The van der Waals surface area contributed by atoms with E-state index < -0.39 is 0 Å². The molecule has 2 aliphatic heterocycles. The van der Waals surface area contributed by atoms with Gasteiger partial charge in [-0.25, -0.2) is 0 Å². The van der Waals surface area contributed by atoms with Crippen LogP contribution in [0.3, 0.4) is 0 Å². The molecule has 0 aromatic carbocycles. The van der Waals surface area contributed by atoms with Crippen molar-refractivity contribution in [2.24, 2.45) is 16.8 Å². The Morgan fingerprint density at radius 2 is 2.04 bits per heavy atom. The van der Waals surface area contributed by atoms with Crippen molar-refractivity contribution >= 4 is 35.9 Å². The molecule has 1 N–H and O–H groups in total. The molecule has 2 saturated heterocycles. The first kappa shape index (κ1) is 22.5. The second kappa shape index (κ2) is 10.5. The fourth-order valence-electron chi connectivity index (χ4n) is 4.06. The molecule has 0 radical (unpaired) electrons. The molecular weight excluding hydrogens is 431 g/mol. The van der Waals surface area contributed by atoms with Gasteiger partial charge in [-0.15, -0.1) is 24.0 Å². The number of esters is 1. The number of guanidine groups is 1. The van der Waals surface area contributed by atoms with Crippen molar-refractivity contribution in [3.63, 3.8) is 0 Å². The SMILES string of the molecule is CN=C(NCC(C)N1CCCCC1C)N1CC(C)C(C(=O)OC)C1.I. The van der Waals surface area contributed by atoms with E-state index in [-0.39, 0.29) is 41.8 Å². The van der Waals surface area contributed by atoms with Crippen LogP contribution in [-0.4, -0.2) is 74.1 Å². The zero-order valence-electron chi connectivity index (χ0n) is 16.3. The standard InChI is InChI=1S/C18H34N4O2.HI/c1-13-11-21(12-16(13)17(23)24-5)18(19-4)20-10-15(3)22-9-7-6-8-14(22)2;/h13-16H,6-12H2,1-5H3,(H,19,20);1H. The molecule has 2 aliphatic rings. The normalized spacial score (nSPS) is 29.1. The largest absolute Gasteiger partial charge is 0.469 e. The van der Waals surface area contributed by atoms with Gasteiger partial charge in [-0.3, -0.25) is 14.7 Å². The number of hydrogen-bond acceptors (Lipinski definition) is 4. The first-order valence-corrected chi connectivity index (χ1v) is 9.27. The van der Waals surface area contributed by atoms with Crippen LogP contribution in [0.4, 0.5) is 0 Å². The number of carbonyl (C=O) groups excluding carboxylic acids is 1. The maximum atomic E-state index is 11.9. The van der Waals surface area contributed by atoms with Gasteiger partial charge in [-0.1, -0.05) is 13.3 Å². The number of rotatable bonds is 4. The number of methoxy groups -OCH3 is 1. The Balaban J connectivity index is 0.00000312. The number of halogens is 1. The predicted octanol–water partition coefficient (Wildman–Crippen LogP) is 2.18. The van der Waals surface area contributed by atoms with E-state index in [0.717, 1.165) is 19.0 Å². The molecule has 2 heterocycles. The second-order valence-corrected chi connectivity index (χ2v) is 7.37. The molecule has 146 valence electrons. The highest BCUT2D eigenvalue weighted by Gasteiger charge is 2.37. The lowest BCUT2D eigenvalue weighted by Gasteiger charge is -2.38. The van der Waals surface area contributed by atoms with Crippen molar-refractivity contribution in [1.29, 1.82) is 0 Å². The lowest BCUT2D eigenvalue weighted by molar-refractivity contribution is -0.145. The minimum Gasteiger partial charge on any atom is -0.469 e. The molecule has 4 atom stereocenters. The van der Waals surface area contributed by atoms with E-state index in [1.807, 2.05) is 7.05 Å². The molecule has 4 unspecified atom stereocenters. The molecule has 0 saturated carbocycles. The average Bonchev–Trinajstić information content (AvgIpc) is 2.96. The molecule has 6 nitrogen and oxygen atoms in total. The molecule has 2 fully saturated rings. The Kier molecular flexibility index (Phi) is 9.48. The number of nitrogens with one attached hydrogen (secondary N) is 1. The number of piperidine rings is 1. The fourth-order valence-corrected chi connectivity index (χ4v) is 4.06. The predicted molar refractivity (Wildman–Crippen MR) is 113 cm³/mol. The zero-order chi connectivity index (χ0) is 17.7. The summed E-state index contributed by atoms with van der Waals surface area (Å²) in [6.07, 6.45) is 3.94. The maximum Gasteiger partial charge on any atom is 0.310 e. The van der Waals surface area contributed by atoms with E-state index >= 15 is 0 Å². The molecule has 25 heavy (non-hydrogen) atoms. The van der Waals surface area contributed by atoms with Crippen LogP contribution in [0.5, 0.6) is 0 Å². The second-order valence-electron chi connectivity index (χ2n) is 7.37. The van der Waals surface area contributed by atoms with Crippen LogP contribution in [0.1, 0.15) is 40.0 Å². The first-order chi connectivity index (χ1) is 11.5. The minimum atomic E-state index is -0.115. The van der Waals surface area contributed by atoms with Crippen LogP contribution in [0.15, 0.2) is 4.99 Å². The van der Waals surface area contributed by atoms with Gasteiger partial charge in [0.25, 0.3) is 0 Å². The van der Waals surface area contributed by atoms with E-state index in [1.165, 1.54) is 32.9 Å². The van der Waals surface area contributed by atoms with Crippen molar-refractivity contribution in [3.8, 4) is 0 Å². The van der Waals surface area contributed by atoms with Crippen molar-refractivity contribution in [2.75, 3.05) is 40.3 Å². The van der Waals surface area contributed by atoms with Gasteiger partial charge in [0.15, 0.2) is 5.96 Å². The summed E-state index contributed by atoms with van der Waals surface area (Å²) in [7, 11) is 3.28. The molecule has 0 aromatic rings. The third-order valence-electron chi connectivity index (χ3n) is 5.60. The van der Waals surface area contributed by atoms with Crippen LogP contribution >= 0.6 is 24.0 Å². The highest BCUT2D eigenvalue weighted by Crippen LogP contribution is 2.24. The Bertz CT molecular complexity index is 460. The van der Waals surface area contributed by atoms with E-state index in [2.05, 4.69) is 40.9 Å². The van der Waals surface area contributed by atoms with Crippen LogP contribution < -0.4 is 5.32 Å². The molecule has 7 heteroatoms. The molecule has 0 amide bonds. The summed E-state index contributed by atoms with van der Waals surface area (Å²) in [6, 6.07) is 1.14. The van der Waals surface area contributed by atoms with Gasteiger partial charge in [0.2, 0.25) is 0 Å². The quantitative estimate of drug-likeness (QED) is 0.298. The first-order valence-electron chi connectivity index (χ1n) is 9.27. The average molecular weight is 466 g/mol. The van der Waals surface area contributed by atoms with Gasteiger partial charge < -0.3 is 15.0 Å². The molecule has 0 spiro atoms. The molecule has 0 bridgehead atoms. The monoisotopic (exact) mass is 466 g/mol. The topological polar surface area (TPSA) is 57.2 Å². The van der Waals surface area contributed by atoms with Gasteiger partial charge in [-0.2, -0.15) is 0 Å². The number of aliphatic imine (C=N–C) groups is 1. The highest BCUT2D eigenvalue weighted by molar-refractivity contribution is 14.0. The van der Waals surface area contributed by atoms with Gasteiger partial charge in [-0.05, 0) is 39.2 Å². The Morgan fingerprint density at radius 3 is 2.64 bits per heavy atom. The smallest absolute Gasteiger partial charge is 0.310 e. The maximum absolute atomic E-state index is 11.9. The van der Waals surface area contributed by atoms with Crippen molar-refractivity contribution in [1.82, 2.24) is 15.1 Å². The van der Waals surface area contributed by atoms with E-state index in [1.54, 1.807) is 0 Å². The number of hydrogen-bond donors (Lipinski definition) is 1. The molecule has 0 aromatic heterocycles. The Morgan fingerprint density at radius 1 is 1.32 bits per heavy atom. The summed E-state index contributed by atoms with van der Waals surface area (Å²) in [6.45, 7) is 10.3. The van der Waals surface area contributed by atoms with E-state index in [9.17, 15) is 4.79 Å². The highest BCUT2D eigenvalue weighted by atomic mass is 127. The third-order valence-corrected chi connectivity index (χ3v) is 5.60. The van der Waals surface area contributed by atoms with Crippen LogP contribution in [0, 0.1) is 11.8 Å². The van der Waals surface area contributed by atoms with Crippen LogP contribution in [0.2, 0.25) is 0 Å².